The number of allylic oxidation sites excluding steroid dienone is 2. The van der Waals surface area contributed by atoms with Crippen LogP contribution < -0.4 is 0 Å². The van der Waals surface area contributed by atoms with E-state index in [0.717, 1.165) is 5.92 Å². The Balaban J connectivity index is 2.36. The van der Waals surface area contributed by atoms with E-state index >= 15 is 0 Å². The van der Waals surface area contributed by atoms with Gasteiger partial charge in [0.05, 0.1) is 5.76 Å². The van der Waals surface area contributed by atoms with Gasteiger partial charge in [-0.2, -0.15) is 0 Å². The van der Waals surface area contributed by atoms with Gasteiger partial charge in [-0.1, -0.05) is 0 Å². The van der Waals surface area contributed by atoms with E-state index in [1.807, 2.05) is 0 Å². The number of hydrogen-bond donors (Lipinski definition) is 1. The van der Waals surface area contributed by atoms with Crippen LogP contribution in [0.5, 0.6) is 0 Å². The molecule has 1 saturated carbocycles. The standard InChI is InChI=1S/C8H12O/c1-5-6-2-3-7(4-6)8(5)9/h6-7,9H,2-4H2,1H3. The topological polar surface area (TPSA) is 20.2 Å². The molecule has 0 aromatic heterocycles. The van der Waals surface area contributed by atoms with Crippen molar-refractivity contribution in [3.8, 4) is 0 Å². The maximum absolute atomic E-state index is 9.37. The maximum atomic E-state index is 9.37. The van der Waals surface area contributed by atoms with Crippen molar-refractivity contribution < 1.29 is 5.11 Å². The van der Waals surface area contributed by atoms with E-state index < -0.39 is 0 Å². The lowest BCUT2D eigenvalue weighted by Crippen LogP contribution is -1.99. The Bertz CT molecular complexity index is 151. The fourth-order valence-electron chi connectivity index (χ4n) is 2.15. The van der Waals surface area contributed by atoms with Gasteiger partial charge >= 0.3 is 0 Å². The molecule has 50 valence electrons. The average Bonchev–Trinajstić information content (AvgIpc) is 2.37. The van der Waals surface area contributed by atoms with Gasteiger partial charge in [0.1, 0.15) is 0 Å². The van der Waals surface area contributed by atoms with Crippen molar-refractivity contribution in [2.75, 3.05) is 0 Å². The molecule has 1 nitrogen and oxygen atoms in total. The zero-order valence-electron chi connectivity index (χ0n) is 5.72. The fraction of sp³-hybridized carbons (Fsp3) is 0.750. The zero-order valence-corrected chi connectivity index (χ0v) is 5.72. The lowest BCUT2D eigenvalue weighted by molar-refractivity contribution is 0.334. The number of fused-ring (bicyclic) bond motifs is 2. The molecule has 1 N–H and O–H groups in total. The summed E-state index contributed by atoms with van der Waals surface area (Å²) >= 11 is 0. The molecule has 0 aromatic carbocycles. The van der Waals surface area contributed by atoms with Crippen LogP contribution in [-0.4, -0.2) is 5.11 Å². The molecule has 2 bridgehead atoms. The first-order chi connectivity index (χ1) is 4.29. The van der Waals surface area contributed by atoms with Crippen molar-refractivity contribution in [1.82, 2.24) is 0 Å². The van der Waals surface area contributed by atoms with Crippen LogP contribution in [0.1, 0.15) is 26.2 Å². The van der Waals surface area contributed by atoms with Crippen LogP contribution >= 0.6 is 0 Å². The van der Waals surface area contributed by atoms with Gasteiger partial charge in [-0.05, 0) is 37.7 Å². The van der Waals surface area contributed by atoms with E-state index in [0.29, 0.717) is 11.7 Å². The Morgan fingerprint density at radius 3 is 2.33 bits per heavy atom. The molecular weight excluding hydrogens is 112 g/mol. The minimum Gasteiger partial charge on any atom is -0.512 e. The summed E-state index contributed by atoms with van der Waals surface area (Å²) in [7, 11) is 0. The van der Waals surface area contributed by atoms with Gasteiger partial charge in [0, 0.05) is 5.92 Å². The molecule has 0 saturated heterocycles. The van der Waals surface area contributed by atoms with E-state index in [9.17, 15) is 5.11 Å². The molecule has 0 amide bonds. The van der Waals surface area contributed by atoms with Gasteiger partial charge in [0.25, 0.3) is 0 Å². The Labute approximate surface area is 55.4 Å². The normalized spacial score (nSPS) is 40.6. The van der Waals surface area contributed by atoms with Crippen molar-refractivity contribution in [3.05, 3.63) is 11.3 Å². The fourth-order valence-corrected chi connectivity index (χ4v) is 2.15. The predicted molar refractivity (Wildman–Crippen MR) is 36.2 cm³/mol. The molecular formula is C8H12O. The molecule has 0 aromatic rings. The Morgan fingerprint density at radius 1 is 1.33 bits per heavy atom. The molecule has 1 heteroatoms. The summed E-state index contributed by atoms with van der Waals surface area (Å²) in [5.41, 5.74) is 1.27. The van der Waals surface area contributed by atoms with E-state index in [2.05, 4.69) is 6.92 Å². The molecule has 0 aliphatic heterocycles. The largest absolute Gasteiger partial charge is 0.512 e. The van der Waals surface area contributed by atoms with Crippen molar-refractivity contribution in [2.24, 2.45) is 11.8 Å². The SMILES string of the molecule is CC1=C(O)C2CCC1C2. The summed E-state index contributed by atoms with van der Waals surface area (Å²) < 4.78 is 0. The van der Waals surface area contributed by atoms with Crippen molar-refractivity contribution in [1.29, 1.82) is 0 Å². The van der Waals surface area contributed by atoms with E-state index in [-0.39, 0.29) is 0 Å². The number of rotatable bonds is 0. The average molecular weight is 124 g/mol. The highest BCUT2D eigenvalue weighted by molar-refractivity contribution is 5.21. The first-order valence-electron chi connectivity index (χ1n) is 3.68. The molecule has 0 radical (unpaired) electrons. The highest BCUT2D eigenvalue weighted by Gasteiger charge is 2.36. The molecule has 2 rings (SSSR count). The van der Waals surface area contributed by atoms with Gasteiger partial charge in [-0.3, -0.25) is 0 Å². The highest BCUT2D eigenvalue weighted by atomic mass is 16.3. The second-order valence-corrected chi connectivity index (χ2v) is 3.28. The van der Waals surface area contributed by atoms with Crippen LogP contribution in [0, 0.1) is 11.8 Å². The first kappa shape index (κ1) is 5.33. The third kappa shape index (κ3) is 0.549. The van der Waals surface area contributed by atoms with Gasteiger partial charge in [0.2, 0.25) is 0 Å². The summed E-state index contributed by atoms with van der Waals surface area (Å²) in [5.74, 6) is 2.01. The molecule has 0 spiro atoms. The number of hydrogen-bond acceptors (Lipinski definition) is 1. The summed E-state index contributed by atoms with van der Waals surface area (Å²) in [6.07, 6.45) is 3.78. The lowest BCUT2D eigenvalue weighted by Gasteiger charge is -2.10. The van der Waals surface area contributed by atoms with Crippen LogP contribution in [-0.2, 0) is 0 Å². The second kappa shape index (κ2) is 1.53. The Kier molecular flexibility index (Phi) is 0.904. The summed E-state index contributed by atoms with van der Waals surface area (Å²) in [5, 5.41) is 9.37. The molecule has 0 heterocycles. The molecule has 9 heavy (non-hydrogen) atoms. The lowest BCUT2D eigenvalue weighted by atomic mass is 9.99. The van der Waals surface area contributed by atoms with Crippen molar-refractivity contribution in [2.45, 2.75) is 26.2 Å². The van der Waals surface area contributed by atoms with Gasteiger partial charge in [-0.15, -0.1) is 0 Å². The monoisotopic (exact) mass is 124 g/mol. The molecule has 2 atom stereocenters. The predicted octanol–water partition coefficient (Wildman–Crippen LogP) is 2.25. The van der Waals surface area contributed by atoms with Gasteiger partial charge in [0.15, 0.2) is 0 Å². The molecule has 2 aliphatic carbocycles. The zero-order chi connectivity index (χ0) is 6.43. The quantitative estimate of drug-likeness (QED) is 0.525. The molecule has 1 fully saturated rings. The van der Waals surface area contributed by atoms with E-state index in [1.54, 1.807) is 0 Å². The second-order valence-electron chi connectivity index (χ2n) is 3.28. The minimum atomic E-state index is 0.551. The van der Waals surface area contributed by atoms with Crippen LogP contribution in [0.3, 0.4) is 0 Å². The Hall–Kier alpha value is -0.460. The maximum Gasteiger partial charge on any atom is 0.0945 e. The first-order valence-corrected chi connectivity index (χ1v) is 3.68. The third-order valence-electron chi connectivity index (χ3n) is 2.84. The van der Waals surface area contributed by atoms with Crippen LogP contribution in [0.4, 0.5) is 0 Å². The van der Waals surface area contributed by atoms with Gasteiger partial charge in [-0.25, -0.2) is 0 Å². The number of aliphatic hydroxyl groups excluding tert-OH is 1. The van der Waals surface area contributed by atoms with Gasteiger partial charge < -0.3 is 5.11 Å². The van der Waals surface area contributed by atoms with Crippen LogP contribution in [0.25, 0.3) is 0 Å². The van der Waals surface area contributed by atoms with Crippen molar-refractivity contribution >= 4 is 0 Å². The Morgan fingerprint density at radius 2 is 2.00 bits per heavy atom. The number of aliphatic hydroxyl groups is 1. The third-order valence-corrected chi connectivity index (χ3v) is 2.84. The molecule has 2 unspecified atom stereocenters. The summed E-state index contributed by atoms with van der Waals surface area (Å²) in [4.78, 5) is 0. The van der Waals surface area contributed by atoms with E-state index in [4.69, 9.17) is 0 Å². The highest BCUT2D eigenvalue weighted by Crippen LogP contribution is 2.46. The smallest absolute Gasteiger partial charge is 0.0945 e. The van der Waals surface area contributed by atoms with Crippen LogP contribution in [0.2, 0.25) is 0 Å². The minimum absolute atomic E-state index is 0.551. The summed E-state index contributed by atoms with van der Waals surface area (Å²) in [6, 6.07) is 0. The van der Waals surface area contributed by atoms with Crippen molar-refractivity contribution in [3.63, 3.8) is 0 Å². The molecule has 2 aliphatic rings. The van der Waals surface area contributed by atoms with E-state index in [1.165, 1.54) is 24.8 Å². The van der Waals surface area contributed by atoms with Crippen LogP contribution in [0.15, 0.2) is 11.3 Å². The summed E-state index contributed by atoms with van der Waals surface area (Å²) in [6.45, 7) is 2.07.